The number of amides is 2. The number of azide groups is 1. The van der Waals surface area contributed by atoms with Crippen molar-refractivity contribution in [1.29, 1.82) is 0 Å². The van der Waals surface area contributed by atoms with Crippen LogP contribution in [0.15, 0.2) is 29.4 Å². The molecule has 1 aromatic rings. The van der Waals surface area contributed by atoms with Crippen molar-refractivity contribution in [3.8, 4) is 0 Å². The topological polar surface area (TPSA) is 140 Å². The van der Waals surface area contributed by atoms with E-state index in [0.29, 0.717) is 12.0 Å². The number of carbonyl (C=O) groups is 3. The van der Waals surface area contributed by atoms with Gasteiger partial charge in [-0.25, -0.2) is 0 Å². The summed E-state index contributed by atoms with van der Waals surface area (Å²) < 4.78 is 10.7. The van der Waals surface area contributed by atoms with Crippen LogP contribution < -0.4 is 10.2 Å². The van der Waals surface area contributed by atoms with E-state index in [9.17, 15) is 14.4 Å². The number of rotatable bonds is 10. The van der Waals surface area contributed by atoms with Gasteiger partial charge in [0.05, 0.1) is 18.8 Å². The summed E-state index contributed by atoms with van der Waals surface area (Å²) in [7, 11) is 1.71. The molecule has 3 heterocycles. The molecule has 0 spiro atoms. The molecule has 12 heteroatoms. The first-order chi connectivity index (χ1) is 18.4. The number of likely N-dealkylation sites (tertiary alicyclic amines) is 1. The maximum Gasteiger partial charge on any atom is 0.251 e. The number of fused-ring (bicyclic) bond motifs is 1. The van der Waals surface area contributed by atoms with E-state index in [1.165, 1.54) is 4.90 Å². The van der Waals surface area contributed by atoms with Crippen LogP contribution in [0.3, 0.4) is 0 Å². The molecular formula is C26H37N7O5. The molecule has 0 unspecified atom stereocenters. The Hall–Kier alpha value is -3.18. The number of ketones is 1. The quantitative estimate of drug-likeness (QED) is 0.276. The fraction of sp³-hybridized carbons (Fsp3) is 0.654. The number of carbonyl (C=O) groups excluding carboxylic acids is 3. The summed E-state index contributed by atoms with van der Waals surface area (Å²) in [6.07, 6.45) is 0.00281. The number of Topliss-reactive ketones (excluding diaryl/α,β-unsaturated/α-hetero) is 1. The highest BCUT2D eigenvalue weighted by Gasteiger charge is 2.53. The van der Waals surface area contributed by atoms with E-state index < -0.39 is 24.2 Å². The lowest BCUT2D eigenvalue weighted by molar-refractivity contribution is -0.139. The maximum atomic E-state index is 13.7. The molecule has 3 fully saturated rings. The van der Waals surface area contributed by atoms with Crippen molar-refractivity contribution >= 4 is 23.3 Å². The number of benzene rings is 1. The normalized spacial score (nSPS) is 25.0. The first kappa shape index (κ1) is 27.8. The number of anilines is 1. The van der Waals surface area contributed by atoms with Gasteiger partial charge in [-0.3, -0.25) is 19.3 Å². The Morgan fingerprint density at radius 2 is 1.95 bits per heavy atom. The van der Waals surface area contributed by atoms with E-state index in [-0.39, 0.29) is 36.7 Å². The molecule has 4 rings (SSSR count). The van der Waals surface area contributed by atoms with Crippen molar-refractivity contribution in [3.63, 3.8) is 0 Å². The van der Waals surface area contributed by atoms with Crippen LogP contribution in [0.2, 0.25) is 0 Å². The fourth-order valence-corrected chi connectivity index (χ4v) is 5.39. The lowest BCUT2D eigenvalue weighted by Gasteiger charge is -2.36. The molecule has 5 atom stereocenters. The van der Waals surface area contributed by atoms with Gasteiger partial charge < -0.3 is 24.6 Å². The van der Waals surface area contributed by atoms with E-state index in [0.717, 1.165) is 45.0 Å². The molecule has 3 aliphatic rings. The molecule has 12 nitrogen and oxygen atoms in total. The maximum absolute atomic E-state index is 13.7. The largest absolute Gasteiger partial charge is 0.383 e. The molecule has 2 amide bonds. The number of nitrogens with zero attached hydrogens (tertiary/aromatic N) is 6. The first-order valence-electron chi connectivity index (χ1n) is 13.2. The molecule has 0 radical (unpaired) electrons. The summed E-state index contributed by atoms with van der Waals surface area (Å²) >= 11 is 0. The SMILES string of the molecule is CC[C@H](C)[C@H](NC(=O)c1ccc(N2CCN(CCOC)CC2)cc1)C(=O)N1C[C@@H](N=[N+]=[N-])[C@H]2OCC(=O)[C@H]21. The standard InChI is InChI=1S/C26H37N7O5/c1-4-17(2)22(26(36)33-15-20(29-30-27)24-23(33)21(34)16-38-24)28-25(35)18-5-7-19(8-6-18)32-11-9-31(10-12-32)13-14-37-3/h5-8,17,20,22-24H,4,9-16H2,1-3H3,(H,28,35)/t17-,20+,22-,23+,24+/m0/s1. The van der Waals surface area contributed by atoms with Crippen LogP contribution in [0.1, 0.15) is 30.6 Å². The Morgan fingerprint density at radius 3 is 2.58 bits per heavy atom. The van der Waals surface area contributed by atoms with Crippen LogP contribution in [0, 0.1) is 5.92 Å². The van der Waals surface area contributed by atoms with Crippen molar-refractivity contribution in [3.05, 3.63) is 40.3 Å². The van der Waals surface area contributed by atoms with Gasteiger partial charge in [0.2, 0.25) is 5.91 Å². The second-order valence-corrected chi connectivity index (χ2v) is 10.2. The number of ether oxygens (including phenoxy) is 2. The minimum Gasteiger partial charge on any atom is -0.383 e. The molecule has 0 aliphatic carbocycles. The summed E-state index contributed by atoms with van der Waals surface area (Å²) in [5.74, 6) is -1.10. The number of hydrogen-bond acceptors (Lipinski definition) is 8. The van der Waals surface area contributed by atoms with Crippen molar-refractivity contribution < 1.29 is 23.9 Å². The summed E-state index contributed by atoms with van der Waals surface area (Å²) in [6.45, 7) is 9.16. The van der Waals surface area contributed by atoms with E-state index in [2.05, 4.69) is 25.1 Å². The zero-order valence-corrected chi connectivity index (χ0v) is 22.3. The summed E-state index contributed by atoms with van der Waals surface area (Å²) in [6, 6.07) is 5.16. The van der Waals surface area contributed by atoms with E-state index in [4.69, 9.17) is 15.0 Å². The molecule has 38 heavy (non-hydrogen) atoms. The average Bonchev–Trinajstić information content (AvgIpc) is 3.50. The monoisotopic (exact) mass is 527 g/mol. The van der Waals surface area contributed by atoms with Crippen molar-refractivity contribution in [2.75, 3.05) is 64.5 Å². The van der Waals surface area contributed by atoms with Crippen molar-refractivity contribution in [1.82, 2.24) is 15.1 Å². The highest BCUT2D eigenvalue weighted by Crippen LogP contribution is 2.31. The predicted octanol–water partition coefficient (Wildman–Crippen LogP) is 1.46. The van der Waals surface area contributed by atoms with Crippen LogP contribution >= 0.6 is 0 Å². The zero-order valence-electron chi connectivity index (χ0n) is 22.3. The van der Waals surface area contributed by atoms with Crippen LogP contribution in [-0.2, 0) is 19.1 Å². The molecule has 206 valence electrons. The fourth-order valence-electron chi connectivity index (χ4n) is 5.39. The van der Waals surface area contributed by atoms with E-state index in [1.54, 1.807) is 19.2 Å². The van der Waals surface area contributed by atoms with E-state index in [1.807, 2.05) is 26.0 Å². The summed E-state index contributed by atoms with van der Waals surface area (Å²) in [5, 5.41) is 6.65. The molecular weight excluding hydrogens is 490 g/mol. The predicted molar refractivity (Wildman–Crippen MR) is 141 cm³/mol. The van der Waals surface area contributed by atoms with Gasteiger partial charge in [-0.2, -0.15) is 0 Å². The third-order valence-electron chi connectivity index (χ3n) is 7.89. The second-order valence-electron chi connectivity index (χ2n) is 10.2. The number of methoxy groups -OCH3 is 1. The summed E-state index contributed by atoms with van der Waals surface area (Å²) in [4.78, 5) is 48.3. The van der Waals surface area contributed by atoms with Gasteiger partial charge in [-0.15, -0.1) is 0 Å². The van der Waals surface area contributed by atoms with Crippen LogP contribution in [-0.4, -0.2) is 111 Å². The third kappa shape index (κ3) is 5.94. The van der Waals surface area contributed by atoms with Crippen molar-refractivity contribution in [2.24, 2.45) is 11.0 Å². The molecule has 0 bridgehead atoms. The third-order valence-corrected chi connectivity index (χ3v) is 7.89. The van der Waals surface area contributed by atoms with Crippen molar-refractivity contribution in [2.45, 2.75) is 44.5 Å². The van der Waals surface area contributed by atoms with Gasteiger partial charge in [0.1, 0.15) is 18.7 Å². The second kappa shape index (κ2) is 12.6. The highest BCUT2D eigenvalue weighted by molar-refractivity contribution is 5.99. The molecule has 3 saturated heterocycles. The minimum absolute atomic E-state index is 0.0835. The number of nitrogens with one attached hydrogen (secondary N) is 1. The Morgan fingerprint density at radius 1 is 1.24 bits per heavy atom. The van der Waals surface area contributed by atoms with Crippen LogP contribution in [0.4, 0.5) is 5.69 Å². The van der Waals surface area contributed by atoms with Gasteiger partial charge in [0.15, 0.2) is 5.78 Å². The molecule has 0 saturated carbocycles. The minimum atomic E-state index is -0.828. The molecule has 1 aromatic carbocycles. The molecule has 1 N–H and O–H groups in total. The van der Waals surface area contributed by atoms with E-state index >= 15 is 0 Å². The smallest absolute Gasteiger partial charge is 0.251 e. The number of hydrogen-bond donors (Lipinski definition) is 1. The Kier molecular flexibility index (Phi) is 9.22. The lowest BCUT2D eigenvalue weighted by atomic mass is 9.96. The Balaban J connectivity index is 1.42. The van der Waals surface area contributed by atoms with Crippen LogP contribution in [0.5, 0.6) is 0 Å². The van der Waals surface area contributed by atoms with Gasteiger partial charge in [0, 0.05) is 62.5 Å². The van der Waals surface area contributed by atoms with Gasteiger partial charge >= 0.3 is 0 Å². The lowest BCUT2D eigenvalue weighted by Crippen LogP contribution is -2.54. The molecule has 3 aliphatic heterocycles. The van der Waals surface area contributed by atoms with Gasteiger partial charge in [-0.05, 0) is 35.7 Å². The zero-order chi connectivity index (χ0) is 27.2. The molecule has 0 aromatic heterocycles. The van der Waals surface area contributed by atoms with Gasteiger partial charge in [0.25, 0.3) is 5.91 Å². The van der Waals surface area contributed by atoms with Gasteiger partial charge in [-0.1, -0.05) is 25.4 Å². The first-order valence-corrected chi connectivity index (χ1v) is 13.2. The number of piperazine rings is 1. The Bertz CT molecular complexity index is 1050. The average molecular weight is 528 g/mol. The Labute approximate surface area is 222 Å². The highest BCUT2D eigenvalue weighted by atomic mass is 16.5. The van der Waals surface area contributed by atoms with Crippen LogP contribution in [0.25, 0.3) is 10.4 Å². The summed E-state index contributed by atoms with van der Waals surface area (Å²) in [5.41, 5.74) is 10.4.